The number of aromatic nitrogens is 5. The molecular formula is C21H22F3N7O4. The highest BCUT2D eigenvalue weighted by Crippen LogP contribution is 2.28. The van der Waals surface area contributed by atoms with E-state index in [0.29, 0.717) is 6.20 Å². The fourth-order valence-corrected chi connectivity index (χ4v) is 2.83. The van der Waals surface area contributed by atoms with E-state index in [-0.39, 0.29) is 28.5 Å². The summed E-state index contributed by atoms with van der Waals surface area (Å²) in [5.41, 5.74) is -1.42. The summed E-state index contributed by atoms with van der Waals surface area (Å²) in [5, 5.41) is 12.2. The van der Waals surface area contributed by atoms with E-state index in [1.165, 1.54) is 20.2 Å². The van der Waals surface area contributed by atoms with Crippen LogP contribution in [0.3, 0.4) is 0 Å². The van der Waals surface area contributed by atoms with Crippen LogP contribution in [-0.2, 0) is 16.5 Å². The zero-order valence-corrected chi connectivity index (χ0v) is 19.4. The maximum absolute atomic E-state index is 14.8. The number of carbonyl (C=O) groups is 2. The highest BCUT2D eigenvalue weighted by Gasteiger charge is 2.24. The Balaban J connectivity index is 1.76. The SMILES string of the molecule is C[C@@H](OC(=O)Nc1c(-c2ncc(NC(=O)OC(C)(C)C)cc2F)nnn1C)c1cc(F)cnc1F. The minimum absolute atomic E-state index is 0.0258. The molecule has 0 aromatic carbocycles. The largest absolute Gasteiger partial charge is 0.444 e. The molecule has 0 aliphatic carbocycles. The van der Waals surface area contributed by atoms with E-state index in [9.17, 15) is 22.8 Å². The predicted molar refractivity (Wildman–Crippen MR) is 117 cm³/mol. The van der Waals surface area contributed by atoms with Crippen molar-refractivity contribution in [3.63, 3.8) is 0 Å². The van der Waals surface area contributed by atoms with Crippen molar-refractivity contribution < 1.29 is 32.2 Å². The molecule has 3 aromatic heterocycles. The minimum atomic E-state index is -1.20. The van der Waals surface area contributed by atoms with Gasteiger partial charge < -0.3 is 9.47 Å². The van der Waals surface area contributed by atoms with Gasteiger partial charge in [0.15, 0.2) is 17.3 Å². The van der Waals surface area contributed by atoms with Gasteiger partial charge in [0.2, 0.25) is 5.95 Å². The van der Waals surface area contributed by atoms with Gasteiger partial charge in [-0.3, -0.25) is 10.6 Å². The molecule has 2 amide bonds. The van der Waals surface area contributed by atoms with Crippen LogP contribution in [0.2, 0.25) is 0 Å². The molecule has 35 heavy (non-hydrogen) atoms. The monoisotopic (exact) mass is 493 g/mol. The van der Waals surface area contributed by atoms with Gasteiger partial charge in [0, 0.05) is 13.1 Å². The Kier molecular flexibility index (Phi) is 7.22. The summed E-state index contributed by atoms with van der Waals surface area (Å²) in [6, 6.07) is 1.84. The second kappa shape index (κ2) is 9.95. The summed E-state index contributed by atoms with van der Waals surface area (Å²) in [7, 11) is 1.42. The second-order valence-electron chi connectivity index (χ2n) is 8.30. The molecule has 2 N–H and O–H groups in total. The first-order valence-corrected chi connectivity index (χ1v) is 10.2. The molecule has 0 spiro atoms. The molecule has 3 aromatic rings. The number of nitrogens with zero attached hydrogens (tertiary/aromatic N) is 5. The Morgan fingerprint density at radius 2 is 1.74 bits per heavy atom. The topological polar surface area (TPSA) is 133 Å². The van der Waals surface area contributed by atoms with Crippen LogP contribution in [0.4, 0.5) is 34.3 Å². The number of amides is 2. The van der Waals surface area contributed by atoms with Gasteiger partial charge in [-0.2, -0.15) is 4.39 Å². The number of carbonyl (C=O) groups excluding carboxylic acids is 2. The molecule has 0 saturated heterocycles. The van der Waals surface area contributed by atoms with Crippen molar-refractivity contribution in [2.24, 2.45) is 7.05 Å². The average molecular weight is 493 g/mol. The third-order valence-electron chi connectivity index (χ3n) is 4.31. The normalized spacial score (nSPS) is 12.1. The fourth-order valence-electron chi connectivity index (χ4n) is 2.83. The summed E-state index contributed by atoms with van der Waals surface area (Å²) in [6.07, 6.45) is -1.21. The Morgan fingerprint density at radius 1 is 1.03 bits per heavy atom. The van der Waals surface area contributed by atoms with Crippen molar-refractivity contribution in [2.75, 3.05) is 10.6 Å². The molecule has 14 heteroatoms. The summed E-state index contributed by atoms with van der Waals surface area (Å²) in [6.45, 7) is 6.34. The first-order valence-electron chi connectivity index (χ1n) is 10.2. The minimum Gasteiger partial charge on any atom is -0.444 e. The fraction of sp³-hybridized carbons (Fsp3) is 0.333. The number of ether oxygens (including phenoxy) is 2. The van der Waals surface area contributed by atoms with E-state index in [1.807, 2.05) is 0 Å². The third-order valence-corrected chi connectivity index (χ3v) is 4.31. The summed E-state index contributed by atoms with van der Waals surface area (Å²) in [4.78, 5) is 31.5. The summed E-state index contributed by atoms with van der Waals surface area (Å²) >= 11 is 0. The number of aryl methyl sites for hydroxylation is 1. The van der Waals surface area contributed by atoms with Crippen molar-refractivity contribution in [3.8, 4) is 11.4 Å². The van der Waals surface area contributed by atoms with Crippen molar-refractivity contribution in [2.45, 2.75) is 39.4 Å². The second-order valence-corrected chi connectivity index (χ2v) is 8.30. The van der Waals surface area contributed by atoms with Crippen LogP contribution in [0.25, 0.3) is 11.4 Å². The van der Waals surface area contributed by atoms with Gasteiger partial charge in [-0.15, -0.1) is 5.10 Å². The average Bonchev–Trinajstić information content (AvgIpc) is 3.08. The lowest BCUT2D eigenvalue weighted by atomic mass is 10.2. The molecule has 11 nitrogen and oxygen atoms in total. The standard InChI is InChI=1S/C21H22F3N7O4/c1-10(13-6-11(22)8-26-17(13)24)34-19(32)28-18-16(29-30-31(18)5)15-14(23)7-12(9-25-15)27-20(33)35-21(2,3)4/h6-10H,1-5H3,(H,27,33)(H,28,32)/t10-/m1/s1. The van der Waals surface area contributed by atoms with Crippen LogP contribution < -0.4 is 10.6 Å². The van der Waals surface area contributed by atoms with Crippen molar-refractivity contribution in [3.05, 3.63) is 47.7 Å². The number of halogens is 3. The number of hydrogen-bond donors (Lipinski definition) is 2. The molecule has 186 valence electrons. The van der Waals surface area contributed by atoms with E-state index >= 15 is 0 Å². The van der Waals surface area contributed by atoms with E-state index in [4.69, 9.17) is 9.47 Å². The first kappa shape index (κ1) is 25.4. The Labute approximate surface area is 197 Å². The predicted octanol–water partition coefficient (Wildman–Crippen LogP) is 4.35. The number of rotatable bonds is 5. The molecule has 3 heterocycles. The van der Waals surface area contributed by atoms with Crippen molar-refractivity contribution in [1.29, 1.82) is 0 Å². The molecule has 0 aliphatic rings. The van der Waals surface area contributed by atoms with Gasteiger partial charge >= 0.3 is 12.2 Å². The highest BCUT2D eigenvalue weighted by atomic mass is 19.1. The van der Waals surface area contributed by atoms with Gasteiger partial charge in [-0.05, 0) is 33.8 Å². The molecule has 1 atom stereocenters. The first-order chi connectivity index (χ1) is 16.3. The highest BCUT2D eigenvalue weighted by molar-refractivity contribution is 5.89. The van der Waals surface area contributed by atoms with Crippen LogP contribution in [0.1, 0.15) is 39.4 Å². The number of hydrogen-bond acceptors (Lipinski definition) is 8. The lowest BCUT2D eigenvalue weighted by Crippen LogP contribution is -2.27. The molecular weight excluding hydrogens is 471 g/mol. The lowest BCUT2D eigenvalue weighted by Gasteiger charge is -2.19. The maximum atomic E-state index is 14.8. The Morgan fingerprint density at radius 3 is 2.40 bits per heavy atom. The number of nitrogens with one attached hydrogen (secondary N) is 2. The maximum Gasteiger partial charge on any atom is 0.413 e. The van der Waals surface area contributed by atoms with Gasteiger partial charge in [0.1, 0.15) is 23.2 Å². The van der Waals surface area contributed by atoms with Crippen LogP contribution in [-0.4, -0.2) is 42.7 Å². The molecule has 0 radical (unpaired) electrons. The van der Waals surface area contributed by atoms with Gasteiger partial charge in [0.25, 0.3) is 0 Å². The zero-order chi connectivity index (χ0) is 25.9. The third kappa shape index (κ3) is 6.43. The smallest absolute Gasteiger partial charge is 0.413 e. The Bertz CT molecular complexity index is 1260. The van der Waals surface area contributed by atoms with Crippen molar-refractivity contribution >= 4 is 23.7 Å². The molecule has 0 bridgehead atoms. The van der Waals surface area contributed by atoms with E-state index in [2.05, 4.69) is 30.9 Å². The van der Waals surface area contributed by atoms with Crippen LogP contribution in [0.15, 0.2) is 24.5 Å². The van der Waals surface area contributed by atoms with Crippen molar-refractivity contribution in [1.82, 2.24) is 25.0 Å². The summed E-state index contributed by atoms with van der Waals surface area (Å²) in [5.74, 6) is -2.77. The van der Waals surface area contributed by atoms with E-state index in [1.54, 1.807) is 20.8 Å². The Hall–Kier alpha value is -4.23. The molecule has 3 rings (SSSR count). The van der Waals surface area contributed by atoms with Crippen LogP contribution >= 0.6 is 0 Å². The quantitative estimate of drug-likeness (QED) is 0.502. The lowest BCUT2D eigenvalue weighted by molar-refractivity contribution is 0.0635. The number of anilines is 2. The zero-order valence-electron chi connectivity index (χ0n) is 19.4. The van der Waals surface area contributed by atoms with Gasteiger partial charge in [0.05, 0.1) is 23.6 Å². The molecule has 0 fully saturated rings. The summed E-state index contributed by atoms with van der Waals surface area (Å²) < 4.78 is 53.3. The number of pyridine rings is 2. The molecule has 0 aliphatic heterocycles. The van der Waals surface area contributed by atoms with Gasteiger partial charge in [-0.1, -0.05) is 5.21 Å². The van der Waals surface area contributed by atoms with E-state index in [0.717, 1.165) is 16.8 Å². The van der Waals surface area contributed by atoms with Gasteiger partial charge in [-0.25, -0.2) is 33.0 Å². The van der Waals surface area contributed by atoms with E-state index < -0.39 is 41.5 Å². The molecule has 0 saturated carbocycles. The van der Waals surface area contributed by atoms with Crippen LogP contribution in [0.5, 0.6) is 0 Å². The molecule has 0 unspecified atom stereocenters. The van der Waals surface area contributed by atoms with Crippen LogP contribution in [0, 0.1) is 17.6 Å².